The van der Waals surface area contributed by atoms with E-state index < -0.39 is 23.3 Å². The maximum absolute atomic E-state index is 12.7. The fourth-order valence-electron chi connectivity index (χ4n) is 2.63. The number of methoxy groups -OCH3 is 1. The standard InChI is InChI=1S/C14H11Cl2N3O4/c1-14-9(10(17-18-14)12(21)23-2)11(20)19(13(14)22)8-4-6(15)3-7(16)5-8/h3-5,17-18H,1-2H3/t14-/m1/s1. The molecule has 2 aliphatic heterocycles. The molecule has 0 aromatic heterocycles. The van der Waals surface area contributed by atoms with Gasteiger partial charge in [-0.05, 0) is 25.1 Å². The van der Waals surface area contributed by atoms with Crippen molar-refractivity contribution in [1.29, 1.82) is 0 Å². The maximum atomic E-state index is 12.7. The number of hydrazine groups is 1. The first kappa shape index (κ1) is 15.8. The first-order valence-corrected chi connectivity index (χ1v) is 7.26. The van der Waals surface area contributed by atoms with Crippen molar-refractivity contribution in [2.24, 2.45) is 0 Å². The van der Waals surface area contributed by atoms with E-state index >= 15 is 0 Å². The molecule has 2 amide bonds. The smallest absolute Gasteiger partial charge is 0.356 e. The van der Waals surface area contributed by atoms with Gasteiger partial charge in [-0.3, -0.25) is 9.59 Å². The van der Waals surface area contributed by atoms with Gasteiger partial charge in [0.1, 0.15) is 11.2 Å². The first-order valence-electron chi connectivity index (χ1n) is 6.51. The summed E-state index contributed by atoms with van der Waals surface area (Å²) in [5.74, 6) is -1.95. The molecule has 23 heavy (non-hydrogen) atoms. The Morgan fingerprint density at radius 3 is 2.39 bits per heavy atom. The molecule has 1 fully saturated rings. The molecule has 0 saturated carbocycles. The number of halogens is 2. The molecule has 1 aromatic rings. The van der Waals surface area contributed by atoms with E-state index in [1.54, 1.807) is 0 Å². The molecule has 0 aliphatic carbocycles. The number of fused-ring (bicyclic) bond motifs is 1. The summed E-state index contributed by atoms with van der Waals surface area (Å²) in [6.07, 6.45) is 0. The minimum Gasteiger partial charge on any atom is -0.464 e. The lowest BCUT2D eigenvalue weighted by atomic mass is 9.95. The molecular weight excluding hydrogens is 345 g/mol. The maximum Gasteiger partial charge on any atom is 0.356 e. The summed E-state index contributed by atoms with van der Waals surface area (Å²) in [5, 5.41) is 0.562. The summed E-state index contributed by atoms with van der Waals surface area (Å²) in [6.45, 7) is 1.50. The van der Waals surface area contributed by atoms with Crippen LogP contribution >= 0.6 is 23.2 Å². The zero-order valence-electron chi connectivity index (χ0n) is 12.1. The third-order valence-electron chi connectivity index (χ3n) is 3.73. The molecule has 2 aliphatic rings. The molecule has 1 atom stereocenters. The van der Waals surface area contributed by atoms with Gasteiger partial charge in [-0.1, -0.05) is 23.2 Å². The van der Waals surface area contributed by atoms with Crippen LogP contribution in [0.1, 0.15) is 6.92 Å². The molecular formula is C14H11Cl2N3O4. The van der Waals surface area contributed by atoms with E-state index in [4.69, 9.17) is 23.2 Å². The van der Waals surface area contributed by atoms with Crippen LogP contribution in [0.25, 0.3) is 0 Å². The van der Waals surface area contributed by atoms with E-state index in [2.05, 4.69) is 15.6 Å². The predicted molar refractivity (Wildman–Crippen MR) is 82.7 cm³/mol. The van der Waals surface area contributed by atoms with Crippen LogP contribution in [0.4, 0.5) is 5.69 Å². The third-order valence-corrected chi connectivity index (χ3v) is 4.17. The van der Waals surface area contributed by atoms with Crippen molar-refractivity contribution in [3.63, 3.8) is 0 Å². The minimum atomic E-state index is -1.38. The Kier molecular flexibility index (Phi) is 3.59. The summed E-state index contributed by atoms with van der Waals surface area (Å²) in [6, 6.07) is 4.37. The second-order valence-corrected chi connectivity index (χ2v) is 6.06. The average molecular weight is 356 g/mol. The highest BCUT2D eigenvalue weighted by atomic mass is 35.5. The number of hydrogen-bond acceptors (Lipinski definition) is 6. The summed E-state index contributed by atoms with van der Waals surface area (Å²) in [5.41, 5.74) is 3.95. The summed E-state index contributed by atoms with van der Waals surface area (Å²) in [7, 11) is 1.18. The summed E-state index contributed by atoms with van der Waals surface area (Å²) in [4.78, 5) is 38.2. The Bertz CT molecular complexity index is 772. The van der Waals surface area contributed by atoms with E-state index in [0.29, 0.717) is 0 Å². The van der Waals surface area contributed by atoms with Gasteiger partial charge in [0.2, 0.25) is 0 Å². The number of benzene rings is 1. The largest absolute Gasteiger partial charge is 0.464 e. The normalized spacial score (nSPS) is 23.2. The Hall–Kier alpha value is -2.09. The van der Waals surface area contributed by atoms with Crippen LogP contribution in [0.2, 0.25) is 10.0 Å². The van der Waals surface area contributed by atoms with Crippen molar-refractivity contribution in [1.82, 2.24) is 10.9 Å². The number of anilines is 1. The highest BCUT2D eigenvalue weighted by molar-refractivity contribution is 6.38. The van der Waals surface area contributed by atoms with Crippen molar-refractivity contribution >= 4 is 46.7 Å². The van der Waals surface area contributed by atoms with Crippen LogP contribution in [0.3, 0.4) is 0 Å². The van der Waals surface area contributed by atoms with Gasteiger partial charge >= 0.3 is 5.97 Å². The number of nitrogens with one attached hydrogen (secondary N) is 2. The van der Waals surface area contributed by atoms with Gasteiger partial charge in [0.05, 0.1) is 18.4 Å². The van der Waals surface area contributed by atoms with Crippen LogP contribution in [-0.2, 0) is 19.1 Å². The molecule has 2 N–H and O–H groups in total. The van der Waals surface area contributed by atoms with E-state index in [0.717, 1.165) is 4.90 Å². The molecule has 0 radical (unpaired) electrons. The zero-order valence-corrected chi connectivity index (χ0v) is 13.6. The van der Waals surface area contributed by atoms with E-state index in [1.165, 1.54) is 32.2 Å². The van der Waals surface area contributed by atoms with Gasteiger partial charge in [0.15, 0.2) is 0 Å². The van der Waals surface area contributed by atoms with Crippen molar-refractivity contribution in [3.8, 4) is 0 Å². The zero-order chi connectivity index (χ0) is 16.9. The first-order chi connectivity index (χ1) is 10.8. The number of carbonyl (C=O) groups excluding carboxylic acids is 3. The van der Waals surface area contributed by atoms with Gasteiger partial charge in [-0.25, -0.2) is 15.1 Å². The van der Waals surface area contributed by atoms with Crippen molar-refractivity contribution < 1.29 is 19.1 Å². The highest BCUT2D eigenvalue weighted by Gasteiger charge is 2.59. The Morgan fingerprint density at radius 1 is 1.22 bits per heavy atom. The fraction of sp³-hybridized carbons (Fsp3) is 0.214. The predicted octanol–water partition coefficient (Wildman–Crippen LogP) is 1.16. The molecule has 0 bridgehead atoms. The summed E-state index contributed by atoms with van der Waals surface area (Å²) >= 11 is 11.9. The van der Waals surface area contributed by atoms with E-state index in [-0.39, 0.29) is 27.0 Å². The van der Waals surface area contributed by atoms with Crippen molar-refractivity contribution in [2.75, 3.05) is 12.0 Å². The SMILES string of the molecule is COC(=O)C1=C2C(=O)N(c3cc(Cl)cc(Cl)c3)C(=O)[C@]2(C)NN1. The van der Waals surface area contributed by atoms with E-state index in [1.807, 2.05) is 0 Å². The molecule has 3 rings (SSSR count). The Morgan fingerprint density at radius 2 is 1.83 bits per heavy atom. The molecule has 0 spiro atoms. The van der Waals surface area contributed by atoms with Crippen LogP contribution < -0.4 is 15.8 Å². The summed E-state index contributed by atoms with van der Waals surface area (Å²) < 4.78 is 4.63. The minimum absolute atomic E-state index is 0.00884. The molecule has 1 aromatic carbocycles. The number of nitrogens with zero attached hydrogens (tertiary/aromatic N) is 1. The van der Waals surface area contributed by atoms with Crippen LogP contribution in [0.15, 0.2) is 29.5 Å². The second-order valence-electron chi connectivity index (χ2n) is 5.19. The molecule has 0 unspecified atom stereocenters. The van der Waals surface area contributed by atoms with Gasteiger partial charge in [0, 0.05) is 10.0 Å². The van der Waals surface area contributed by atoms with Crippen molar-refractivity contribution in [3.05, 3.63) is 39.5 Å². The molecule has 120 valence electrons. The second kappa shape index (κ2) is 5.23. The number of rotatable bonds is 2. The fourth-order valence-corrected chi connectivity index (χ4v) is 3.14. The van der Waals surface area contributed by atoms with Crippen LogP contribution in [-0.4, -0.2) is 30.4 Å². The number of esters is 1. The number of imide groups is 1. The quantitative estimate of drug-likeness (QED) is 0.611. The number of hydrogen-bond donors (Lipinski definition) is 2. The highest BCUT2D eigenvalue weighted by Crippen LogP contribution is 2.38. The monoisotopic (exact) mass is 355 g/mol. The molecule has 9 heteroatoms. The van der Waals surface area contributed by atoms with Gasteiger partial charge in [-0.15, -0.1) is 0 Å². The van der Waals surface area contributed by atoms with Crippen molar-refractivity contribution in [2.45, 2.75) is 12.5 Å². The van der Waals surface area contributed by atoms with Gasteiger partial charge in [-0.2, -0.15) is 0 Å². The third kappa shape index (κ3) is 2.20. The van der Waals surface area contributed by atoms with Crippen LogP contribution in [0.5, 0.6) is 0 Å². The number of amides is 2. The lowest BCUT2D eigenvalue weighted by Crippen LogP contribution is -2.51. The lowest BCUT2D eigenvalue weighted by Gasteiger charge is -2.20. The average Bonchev–Trinajstić information content (AvgIpc) is 2.92. The number of ether oxygens (including phenoxy) is 1. The van der Waals surface area contributed by atoms with Gasteiger partial charge < -0.3 is 10.2 Å². The topological polar surface area (TPSA) is 87.7 Å². The Balaban J connectivity index is 2.15. The van der Waals surface area contributed by atoms with E-state index in [9.17, 15) is 14.4 Å². The molecule has 7 nitrogen and oxygen atoms in total. The lowest BCUT2D eigenvalue weighted by molar-refractivity contribution is -0.137. The molecule has 2 heterocycles. The number of carbonyl (C=O) groups is 3. The molecule has 1 saturated heterocycles. The van der Waals surface area contributed by atoms with Gasteiger partial charge in [0.25, 0.3) is 11.8 Å². The Labute approximate surface area is 141 Å². The van der Waals surface area contributed by atoms with Crippen LogP contribution in [0, 0.1) is 0 Å².